The molecule has 0 radical (unpaired) electrons. The van der Waals surface area contributed by atoms with Gasteiger partial charge in [0.15, 0.2) is 0 Å². The molecule has 3 rings (SSSR count). The van der Waals surface area contributed by atoms with Crippen LogP contribution in [0.5, 0.6) is 0 Å². The highest BCUT2D eigenvalue weighted by atomic mass is 32.2. The summed E-state index contributed by atoms with van der Waals surface area (Å²) in [5, 5.41) is 2.86. The maximum absolute atomic E-state index is 13.0. The Bertz CT molecular complexity index is 745. The van der Waals surface area contributed by atoms with E-state index < -0.39 is 10.0 Å². The van der Waals surface area contributed by atoms with E-state index >= 15 is 0 Å². The normalized spacial score (nSPS) is 26.1. The second-order valence-corrected chi connectivity index (χ2v) is 9.42. The molecule has 1 N–H and O–H groups in total. The monoisotopic (exact) mass is 383 g/mol. The molecule has 2 saturated heterocycles. The van der Waals surface area contributed by atoms with E-state index in [2.05, 4.69) is 10.2 Å². The van der Waals surface area contributed by atoms with Gasteiger partial charge in [0.1, 0.15) is 5.82 Å². The summed E-state index contributed by atoms with van der Waals surface area (Å²) in [5.41, 5.74) is 0.601. The lowest BCUT2D eigenvalue weighted by Gasteiger charge is -2.35. The van der Waals surface area contributed by atoms with Gasteiger partial charge in [0, 0.05) is 31.4 Å². The van der Waals surface area contributed by atoms with Gasteiger partial charge in [-0.1, -0.05) is 0 Å². The lowest BCUT2D eigenvalue weighted by atomic mass is 9.87. The quantitative estimate of drug-likeness (QED) is 0.860. The number of piperidine rings is 1. The number of hydrogen-bond acceptors (Lipinski definition) is 4. The van der Waals surface area contributed by atoms with Crippen molar-refractivity contribution < 1.29 is 17.6 Å². The third kappa shape index (κ3) is 4.42. The predicted molar refractivity (Wildman–Crippen MR) is 98.7 cm³/mol. The van der Waals surface area contributed by atoms with Crippen LogP contribution in [-0.4, -0.2) is 62.5 Å². The summed E-state index contributed by atoms with van der Waals surface area (Å²) in [4.78, 5) is 14.8. The molecule has 8 heteroatoms. The fourth-order valence-corrected chi connectivity index (χ4v) is 5.02. The number of sulfonamides is 1. The molecule has 2 aliphatic rings. The smallest absolute Gasteiger partial charge is 0.228 e. The molecule has 26 heavy (non-hydrogen) atoms. The predicted octanol–water partition coefficient (Wildman–Crippen LogP) is 1.76. The molecule has 2 aliphatic heterocycles. The molecule has 2 unspecified atom stereocenters. The zero-order chi connectivity index (χ0) is 18.9. The van der Waals surface area contributed by atoms with Crippen molar-refractivity contribution in [1.82, 2.24) is 9.21 Å². The first-order valence-corrected chi connectivity index (χ1v) is 10.8. The molecule has 1 aromatic carbocycles. The minimum Gasteiger partial charge on any atom is -0.326 e. The minimum absolute atomic E-state index is 0.0421. The maximum atomic E-state index is 13.0. The Morgan fingerprint density at radius 3 is 2.38 bits per heavy atom. The zero-order valence-electron chi connectivity index (χ0n) is 15.2. The second kappa shape index (κ2) is 7.62. The van der Waals surface area contributed by atoms with Crippen LogP contribution in [-0.2, 0) is 14.8 Å². The first-order valence-electron chi connectivity index (χ1n) is 8.96. The van der Waals surface area contributed by atoms with Crippen LogP contribution >= 0.6 is 0 Å². The van der Waals surface area contributed by atoms with Gasteiger partial charge in [0.05, 0.1) is 12.2 Å². The van der Waals surface area contributed by atoms with Crippen LogP contribution in [0.1, 0.15) is 19.3 Å². The van der Waals surface area contributed by atoms with Gasteiger partial charge >= 0.3 is 0 Å². The average molecular weight is 383 g/mol. The highest BCUT2D eigenvalue weighted by Crippen LogP contribution is 2.33. The highest BCUT2D eigenvalue weighted by Gasteiger charge is 2.40. The summed E-state index contributed by atoms with van der Waals surface area (Å²) in [5.74, 6) is -0.0757. The van der Waals surface area contributed by atoms with Gasteiger partial charge in [-0.2, -0.15) is 0 Å². The Balaban J connectivity index is 1.56. The van der Waals surface area contributed by atoms with Crippen molar-refractivity contribution in [2.24, 2.45) is 11.8 Å². The van der Waals surface area contributed by atoms with Crippen LogP contribution in [0.25, 0.3) is 0 Å². The number of rotatable bonds is 4. The first kappa shape index (κ1) is 19.3. The summed E-state index contributed by atoms with van der Waals surface area (Å²) < 4.78 is 37.8. The van der Waals surface area contributed by atoms with E-state index in [9.17, 15) is 17.6 Å². The maximum Gasteiger partial charge on any atom is 0.228 e. The van der Waals surface area contributed by atoms with Gasteiger partial charge in [-0.15, -0.1) is 0 Å². The number of nitrogens with one attached hydrogen (secondary N) is 1. The van der Waals surface area contributed by atoms with Crippen molar-refractivity contribution in [3.63, 3.8) is 0 Å². The number of carbonyl (C=O) groups excluding carboxylic acids is 1. The topological polar surface area (TPSA) is 69.7 Å². The molecule has 0 saturated carbocycles. The van der Waals surface area contributed by atoms with Crippen molar-refractivity contribution in [2.45, 2.75) is 25.3 Å². The number of nitrogens with zero attached hydrogens (tertiary/aromatic N) is 2. The van der Waals surface area contributed by atoms with Crippen molar-refractivity contribution in [3.05, 3.63) is 30.1 Å². The summed E-state index contributed by atoms with van der Waals surface area (Å²) in [7, 11) is -1.09. The van der Waals surface area contributed by atoms with Crippen molar-refractivity contribution in [2.75, 3.05) is 38.3 Å². The Hall–Kier alpha value is -1.51. The highest BCUT2D eigenvalue weighted by molar-refractivity contribution is 7.88. The van der Waals surface area contributed by atoms with Gasteiger partial charge < -0.3 is 10.2 Å². The molecule has 1 amide bonds. The van der Waals surface area contributed by atoms with E-state index in [0.717, 1.165) is 19.3 Å². The van der Waals surface area contributed by atoms with Gasteiger partial charge in [-0.25, -0.2) is 17.1 Å². The standard InChI is InChI=1S/C18H26FN3O3S/c1-21-12-14(18(23)20-16-5-3-15(19)4-6-16)11-17(21)13-7-9-22(10-8-13)26(2,24)25/h3-6,13-14,17H,7-12H2,1-2H3,(H,20,23). The first-order chi connectivity index (χ1) is 12.2. The third-order valence-electron chi connectivity index (χ3n) is 5.59. The van der Waals surface area contributed by atoms with E-state index in [-0.39, 0.29) is 17.6 Å². The Labute approximate surface area is 154 Å². The summed E-state index contributed by atoms with van der Waals surface area (Å²) in [6, 6.07) is 6.07. The lowest BCUT2D eigenvalue weighted by Crippen LogP contribution is -2.43. The molecule has 0 aromatic heterocycles. The molecule has 1 aromatic rings. The Morgan fingerprint density at radius 1 is 1.19 bits per heavy atom. The molecular weight excluding hydrogens is 357 g/mol. The van der Waals surface area contributed by atoms with Gasteiger partial charge in [0.2, 0.25) is 15.9 Å². The summed E-state index contributed by atoms with van der Waals surface area (Å²) >= 11 is 0. The zero-order valence-corrected chi connectivity index (χ0v) is 16.0. The molecule has 2 heterocycles. The van der Waals surface area contributed by atoms with E-state index in [0.29, 0.717) is 37.3 Å². The van der Waals surface area contributed by atoms with Crippen LogP contribution < -0.4 is 5.32 Å². The second-order valence-electron chi connectivity index (χ2n) is 7.44. The lowest BCUT2D eigenvalue weighted by molar-refractivity contribution is -0.119. The summed E-state index contributed by atoms with van der Waals surface area (Å²) in [6.45, 7) is 1.80. The van der Waals surface area contributed by atoms with E-state index in [4.69, 9.17) is 0 Å². The summed E-state index contributed by atoms with van der Waals surface area (Å²) in [6.07, 6.45) is 3.68. The van der Waals surface area contributed by atoms with Crippen molar-refractivity contribution in [3.8, 4) is 0 Å². The average Bonchev–Trinajstić information content (AvgIpc) is 2.98. The van der Waals surface area contributed by atoms with Crippen LogP contribution in [0.15, 0.2) is 24.3 Å². The fraction of sp³-hybridized carbons (Fsp3) is 0.611. The number of hydrogen-bond donors (Lipinski definition) is 1. The van der Waals surface area contributed by atoms with E-state index in [1.807, 2.05) is 7.05 Å². The fourth-order valence-electron chi connectivity index (χ4n) is 4.14. The third-order valence-corrected chi connectivity index (χ3v) is 6.90. The number of likely N-dealkylation sites (tertiary alicyclic amines) is 1. The van der Waals surface area contributed by atoms with Crippen molar-refractivity contribution in [1.29, 1.82) is 0 Å². The number of benzene rings is 1. The largest absolute Gasteiger partial charge is 0.326 e. The molecule has 2 fully saturated rings. The molecule has 0 aliphatic carbocycles. The van der Waals surface area contributed by atoms with Crippen LogP contribution in [0, 0.1) is 17.7 Å². The van der Waals surface area contributed by atoms with Gasteiger partial charge in [-0.3, -0.25) is 4.79 Å². The van der Waals surface area contributed by atoms with E-state index in [1.54, 1.807) is 12.1 Å². The van der Waals surface area contributed by atoms with Crippen molar-refractivity contribution >= 4 is 21.6 Å². The van der Waals surface area contributed by atoms with Crippen LogP contribution in [0.3, 0.4) is 0 Å². The number of halogens is 1. The molecular formula is C18H26FN3O3S. The van der Waals surface area contributed by atoms with E-state index in [1.165, 1.54) is 22.7 Å². The molecule has 0 spiro atoms. The number of amides is 1. The molecule has 6 nitrogen and oxygen atoms in total. The minimum atomic E-state index is -3.12. The number of anilines is 1. The van der Waals surface area contributed by atoms with Crippen LogP contribution in [0.4, 0.5) is 10.1 Å². The SMILES string of the molecule is CN1CC(C(=O)Nc2ccc(F)cc2)CC1C1CCN(S(C)(=O)=O)CC1. The van der Waals surface area contributed by atoms with Gasteiger partial charge in [-0.05, 0) is 56.5 Å². The Morgan fingerprint density at radius 2 is 1.81 bits per heavy atom. The molecule has 144 valence electrons. The molecule has 2 atom stereocenters. The van der Waals surface area contributed by atoms with Gasteiger partial charge in [0.25, 0.3) is 0 Å². The number of carbonyl (C=O) groups is 1. The van der Waals surface area contributed by atoms with Crippen LogP contribution in [0.2, 0.25) is 0 Å². The molecule has 0 bridgehead atoms. The Kier molecular flexibility index (Phi) is 5.64.